The summed E-state index contributed by atoms with van der Waals surface area (Å²) in [7, 11) is 0. The first-order valence-electron chi connectivity index (χ1n) is 9.42. The molecule has 2 aromatic carbocycles. The molecule has 0 fully saturated rings. The number of nitrogens with zero attached hydrogens (tertiary/aromatic N) is 1. The Hall–Kier alpha value is -3.68. The Morgan fingerprint density at radius 2 is 2.00 bits per heavy atom. The molecule has 0 aliphatic carbocycles. The maximum Gasteiger partial charge on any atom is 0.254 e. The summed E-state index contributed by atoms with van der Waals surface area (Å²) in [6, 6.07) is 11.9. The van der Waals surface area contributed by atoms with E-state index in [1.165, 1.54) is 0 Å². The average molecular weight is 391 g/mol. The fourth-order valence-corrected chi connectivity index (χ4v) is 3.32. The maximum atomic E-state index is 12.4. The molecule has 0 saturated heterocycles. The molecule has 4 rings (SSSR count). The van der Waals surface area contributed by atoms with E-state index in [4.69, 9.17) is 0 Å². The van der Waals surface area contributed by atoms with E-state index in [1.54, 1.807) is 24.3 Å². The smallest absolute Gasteiger partial charge is 0.254 e. The molecule has 3 amide bonds. The topological polar surface area (TPSA) is 116 Å². The Morgan fingerprint density at radius 3 is 2.86 bits per heavy atom. The maximum absolute atomic E-state index is 12.4. The predicted molar refractivity (Wildman–Crippen MR) is 108 cm³/mol. The number of amides is 3. The summed E-state index contributed by atoms with van der Waals surface area (Å²) in [5, 5.41) is 8.22. The summed E-state index contributed by atoms with van der Waals surface area (Å²) < 4.78 is 0. The zero-order chi connectivity index (χ0) is 20.4. The van der Waals surface area contributed by atoms with Crippen LogP contribution in [0.3, 0.4) is 0 Å². The van der Waals surface area contributed by atoms with Gasteiger partial charge in [0, 0.05) is 6.42 Å². The SMILES string of the molecule is Cc1ccc2nc(CNC(=O)CC[C@H]3NC(=O)c4ccccc4NC3=O)[nH]c2c1. The molecule has 1 aliphatic rings. The first-order valence-corrected chi connectivity index (χ1v) is 9.42. The lowest BCUT2D eigenvalue weighted by atomic mass is 10.1. The monoisotopic (exact) mass is 391 g/mol. The molecule has 0 unspecified atom stereocenters. The van der Waals surface area contributed by atoms with Gasteiger partial charge >= 0.3 is 0 Å². The van der Waals surface area contributed by atoms with Crippen molar-refractivity contribution in [3.8, 4) is 0 Å². The van der Waals surface area contributed by atoms with Crippen molar-refractivity contribution >= 4 is 34.4 Å². The van der Waals surface area contributed by atoms with Gasteiger partial charge in [0.2, 0.25) is 11.8 Å². The zero-order valence-electron chi connectivity index (χ0n) is 15.9. The molecule has 148 valence electrons. The van der Waals surface area contributed by atoms with Crippen LogP contribution in [0.5, 0.6) is 0 Å². The standard InChI is InChI=1S/C21H21N5O3/c1-12-6-7-15-17(10-12)24-18(23-15)11-22-19(27)9-8-16-21(29)25-14-5-3-2-4-13(14)20(28)26-16/h2-7,10,16H,8-9,11H2,1H3,(H,22,27)(H,23,24)(H,25,29)(H,26,28)/t16-/m1/s1. The number of aromatic amines is 1. The van der Waals surface area contributed by atoms with Crippen LogP contribution in [0.4, 0.5) is 5.69 Å². The van der Waals surface area contributed by atoms with Crippen molar-refractivity contribution in [2.45, 2.75) is 32.4 Å². The quantitative estimate of drug-likeness (QED) is 0.532. The number of imidazole rings is 1. The van der Waals surface area contributed by atoms with Crippen LogP contribution in [0.25, 0.3) is 11.0 Å². The van der Waals surface area contributed by atoms with Crippen molar-refractivity contribution in [2.75, 3.05) is 5.32 Å². The van der Waals surface area contributed by atoms with E-state index >= 15 is 0 Å². The molecule has 8 heteroatoms. The zero-order valence-corrected chi connectivity index (χ0v) is 15.9. The summed E-state index contributed by atoms with van der Waals surface area (Å²) in [6.45, 7) is 2.27. The number of aryl methyl sites for hydroxylation is 1. The van der Waals surface area contributed by atoms with Gasteiger partial charge in [-0.2, -0.15) is 0 Å². The van der Waals surface area contributed by atoms with Crippen LogP contribution < -0.4 is 16.0 Å². The second kappa shape index (κ2) is 7.75. The van der Waals surface area contributed by atoms with E-state index in [0.717, 1.165) is 16.6 Å². The van der Waals surface area contributed by atoms with Gasteiger partial charge in [-0.05, 0) is 43.2 Å². The van der Waals surface area contributed by atoms with Crippen LogP contribution in [0.15, 0.2) is 42.5 Å². The van der Waals surface area contributed by atoms with E-state index in [1.807, 2.05) is 25.1 Å². The number of H-pyrrole nitrogens is 1. The van der Waals surface area contributed by atoms with Gasteiger partial charge in [-0.1, -0.05) is 18.2 Å². The van der Waals surface area contributed by atoms with Crippen molar-refractivity contribution in [2.24, 2.45) is 0 Å². The molecular weight excluding hydrogens is 370 g/mol. The second-order valence-electron chi connectivity index (χ2n) is 7.08. The number of rotatable bonds is 5. The third kappa shape index (κ3) is 4.11. The lowest BCUT2D eigenvalue weighted by Gasteiger charge is -2.14. The third-order valence-electron chi connectivity index (χ3n) is 4.85. The lowest BCUT2D eigenvalue weighted by molar-refractivity contribution is -0.122. The van der Waals surface area contributed by atoms with Crippen LogP contribution in [0.2, 0.25) is 0 Å². The number of aromatic nitrogens is 2. The molecule has 29 heavy (non-hydrogen) atoms. The molecular formula is C21H21N5O3. The van der Waals surface area contributed by atoms with Gasteiger partial charge < -0.3 is 20.9 Å². The predicted octanol–water partition coefficient (Wildman–Crippen LogP) is 2.02. The number of benzene rings is 2. The minimum atomic E-state index is -0.769. The molecule has 1 aromatic heterocycles. The minimum Gasteiger partial charge on any atom is -0.349 e. The number of para-hydroxylation sites is 1. The molecule has 8 nitrogen and oxygen atoms in total. The minimum absolute atomic E-state index is 0.105. The molecule has 0 bridgehead atoms. The average Bonchev–Trinajstić information content (AvgIpc) is 3.06. The van der Waals surface area contributed by atoms with Crippen LogP contribution in [0, 0.1) is 6.92 Å². The Balaban J connectivity index is 1.32. The number of carbonyl (C=O) groups is 3. The number of fused-ring (bicyclic) bond motifs is 2. The van der Waals surface area contributed by atoms with Gasteiger partial charge in [-0.15, -0.1) is 0 Å². The fourth-order valence-electron chi connectivity index (χ4n) is 3.32. The lowest BCUT2D eigenvalue weighted by Crippen LogP contribution is -2.42. The summed E-state index contributed by atoms with van der Waals surface area (Å²) in [5.74, 6) is -0.217. The van der Waals surface area contributed by atoms with Crippen LogP contribution in [0.1, 0.15) is 34.6 Å². The second-order valence-corrected chi connectivity index (χ2v) is 7.08. The fraction of sp³-hybridized carbons (Fsp3) is 0.238. The van der Waals surface area contributed by atoms with Gasteiger partial charge in [-0.25, -0.2) is 4.98 Å². The highest BCUT2D eigenvalue weighted by Crippen LogP contribution is 2.19. The van der Waals surface area contributed by atoms with Crippen molar-refractivity contribution in [3.05, 3.63) is 59.4 Å². The Bertz CT molecular complexity index is 1100. The Labute approximate surface area is 167 Å². The van der Waals surface area contributed by atoms with Crippen molar-refractivity contribution in [1.29, 1.82) is 0 Å². The molecule has 3 aromatic rings. The normalized spacial score (nSPS) is 16.0. The van der Waals surface area contributed by atoms with Gasteiger partial charge in [0.15, 0.2) is 0 Å². The molecule has 0 radical (unpaired) electrons. The van der Waals surface area contributed by atoms with Gasteiger partial charge in [0.25, 0.3) is 5.91 Å². The third-order valence-corrected chi connectivity index (χ3v) is 4.85. The van der Waals surface area contributed by atoms with E-state index < -0.39 is 6.04 Å². The van der Waals surface area contributed by atoms with Gasteiger partial charge in [0.1, 0.15) is 11.9 Å². The van der Waals surface area contributed by atoms with Crippen molar-refractivity contribution in [3.63, 3.8) is 0 Å². The highest BCUT2D eigenvalue weighted by Gasteiger charge is 2.27. The van der Waals surface area contributed by atoms with E-state index in [9.17, 15) is 14.4 Å². The summed E-state index contributed by atoms with van der Waals surface area (Å²) >= 11 is 0. The molecule has 1 atom stereocenters. The summed E-state index contributed by atoms with van der Waals surface area (Å²) in [6.07, 6.45) is 0.310. The van der Waals surface area contributed by atoms with Crippen LogP contribution in [-0.4, -0.2) is 33.7 Å². The summed E-state index contributed by atoms with van der Waals surface area (Å²) in [5.41, 5.74) is 3.78. The Morgan fingerprint density at radius 1 is 1.17 bits per heavy atom. The van der Waals surface area contributed by atoms with Crippen LogP contribution >= 0.6 is 0 Å². The van der Waals surface area contributed by atoms with E-state index in [0.29, 0.717) is 17.1 Å². The van der Waals surface area contributed by atoms with Crippen molar-refractivity contribution < 1.29 is 14.4 Å². The van der Waals surface area contributed by atoms with Gasteiger partial charge in [-0.3, -0.25) is 14.4 Å². The van der Waals surface area contributed by atoms with E-state index in [-0.39, 0.29) is 37.1 Å². The van der Waals surface area contributed by atoms with Crippen molar-refractivity contribution in [1.82, 2.24) is 20.6 Å². The van der Waals surface area contributed by atoms with E-state index in [2.05, 4.69) is 25.9 Å². The Kier molecular flexibility index (Phi) is 4.99. The molecule has 2 heterocycles. The number of hydrogen-bond donors (Lipinski definition) is 4. The molecule has 0 saturated carbocycles. The molecule has 0 spiro atoms. The van der Waals surface area contributed by atoms with Crippen LogP contribution in [-0.2, 0) is 16.1 Å². The number of nitrogens with one attached hydrogen (secondary N) is 4. The summed E-state index contributed by atoms with van der Waals surface area (Å²) in [4.78, 5) is 44.5. The number of hydrogen-bond acceptors (Lipinski definition) is 4. The largest absolute Gasteiger partial charge is 0.349 e. The highest BCUT2D eigenvalue weighted by atomic mass is 16.2. The number of carbonyl (C=O) groups excluding carboxylic acids is 3. The molecule has 4 N–H and O–H groups in total. The van der Waals surface area contributed by atoms with Gasteiger partial charge in [0.05, 0.1) is 28.8 Å². The first kappa shape index (κ1) is 18.7. The number of anilines is 1. The highest BCUT2D eigenvalue weighted by molar-refractivity contribution is 6.09. The molecule has 1 aliphatic heterocycles. The first-order chi connectivity index (χ1) is 14.0.